The number of carbonyl (C=O) groups is 2. The van der Waals surface area contributed by atoms with Gasteiger partial charge in [-0.15, -0.1) is 6.58 Å². The second-order valence-corrected chi connectivity index (χ2v) is 10.1. The molecule has 2 N–H and O–H groups in total. The van der Waals surface area contributed by atoms with Crippen LogP contribution in [0.5, 0.6) is 11.5 Å². The average molecular weight is 512 g/mol. The van der Waals surface area contributed by atoms with Gasteiger partial charge in [-0.1, -0.05) is 42.0 Å². The lowest BCUT2D eigenvalue weighted by atomic mass is 9.88. The van der Waals surface area contributed by atoms with E-state index in [1.54, 1.807) is 30.2 Å². The van der Waals surface area contributed by atoms with Crippen LogP contribution in [0.3, 0.4) is 0 Å². The van der Waals surface area contributed by atoms with Crippen molar-refractivity contribution in [3.05, 3.63) is 101 Å². The Balaban J connectivity index is 1.37. The SMILES string of the molecule is C=CCc1cc(OC)c2c(c1)C1C[C@@](C)(O2)N(c2cccc(C(=O)NCCc3ccc(C)cc3)c2)C(=O)N1. The first-order valence-electron chi connectivity index (χ1n) is 12.9. The quantitative estimate of drug-likeness (QED) is 0.393. The summed E-state index contributed by atoms with van der Waals surface area (Å²) in [6.45, 7) is 8.29. The van der Waals surface area contributed by atoms with Crippen LogP contribution in [0.15, 0.2) is 73.3 Å². The number of ether oxygens (including phenoxy) is 2. The smallest absolute Gasteiger partial charge is 0.325 e. The zero-order valence-corrected chi connectivity index (χ0v) is 22.0. The molecule has 3 aromatic carbocycles. The second-order valence-electron chi connectivity index (χ2n) is 10.1. The Morgan fingerprint density at radius 3 is 2.74 bits per heavy atom. The number of nitrogens with one attached hydrogen (secondary N) is 2. The highest BCUT2D eigenvalue weighted by molar-refractivity contribution is 5.99. The molecule has 2 atom stereocenters. The molecule has 7 nitrogen and oxygen atoms in total. The molecule has 1 unspecified atom stereocenters. The maximum atomic E-state index is 13.4. The van der Waals surface area contributed by atoms with Crippen molar-refractivity contribution in [2.24, 2.45) is 0 Å². The van der Waals surface area contributed by atoms with Crippen molar-refractivity contribution in [1.29, 1.82) is 0 Å². The molecule has 3 aromatic rings. The van der Waals surface area contributed by atoms with Gasteiger partial charge >= 0.3 is 6.03 Å². The zero-order valence-electron chi connectivity index (χ0n) is 22.0. The minimum absolute atomic E-state index is 0.189. The molecule has 3 amide bonds. The van der Waals surface area contributed by atoms with Gasteiger partial charge in [0.25, 0.3) is 5.91 Å². The fourth-order valence-electron chi connectivity index (χ4n) is 5.29. The summed E-state index contributed by atoms with van der Waals surface area (Å²) in [7, 11) is 1.61. The standard InChI is InChI=1S/C31H33N3O4/c1-5-7-22-16-25-26-19-31(3,38-28(25)27(17-22)37-4)34(30(36)33-26)24-9-6-8-23(18-24)29(35)32-15-14-21-12-10-20(2)11-13-21/h5-6,8-13,16-18,26H,1,7,14-15,19H2,2-4H3,(H,32,35)(H,33,36)/t26?,31-/m1/s1. The number of benzene rings is 3. The van der Waals surface area contributed by atoms with E-state index in [0.717, 1.165) is 17.5 Å². The number of hydrogen-bond acceptors (Lipinski definition) is 4. The Morgan fingerprint density at radius 1 is 1.21 bits per heavy atom. The Labute approximate surface area is 223 Å². The van der Waals surface area contributed by atoms with Crippen molar-refractivity contribution < 1.29 is 19.1 Å². The number of amides is 3. The van der Waals surface area contributed by atoms with Crippen molar-refractivity contribution in [2.45, 2.75) is 44.9 Å². The average Bonchev–Trinajstić information content (AvgIpc) is 2.89. The molecule has 0 spiro atoms. The summed E-state index contributed by atoms with van der Waals surface area (Å²) < 4.78 is 12.2. The number of aryl methyl sites for hydroxylation is 1. The third kappa shape index (κ3) is 4.84. The van der Waals surface area contributed by atoms with E-state index in [1.807, 2.05) is 31.2 Å². The highest BCUT2D eigenvalue weighted by atomic mass is 16.5. The largest absolute Gasteiger partial charge is 0.493 e. The summed E-state index contributed by atoms with van der Waals surface area (Å²) in [5, 5.41) is 6.12. The van der Waals surface area contributed by atoms with Gasteiger partial charge < -0.3 is 20.1 Å². The maximum absolute atomic E-state index is 13.4. The van der Waals surface area contributed by atoms with Gasteiger partial charge in [-0.2, -0.15) is 0 Å². The number of allylic oxidation sites excluding steroid dienone is 1. The van der Waals surface area contributed by atoms with Gasteiger partial charge in [0, 0.05) is 24.1 Å². The lowest BCUT2D eigenvalue weighted by Gasteiger charge is -2.50. The molecule has 1 saturated heterocycles. The third-order valence-electron chi connectivity index (χ3n) is 7.18. The van der Waals surface area contributed by atoms with E-state index in [1.165, 1.54) is 11.1 Å². The van der Waals surface area contributed by atoms with Crippen molar-refractivity contribution in [1.82, 2.24) is 10.6 Å². The van der Waals surface area contributed by atoms with Crippen LogP contribution in [0.4, 0.5) is 10.5 Å². The number of nitrogens with zero attached hydrogens (tertiary/aromatic N) is 1. The van der Waals surface area contributed by atoms with Gasteiger partial charge in [0.2, 0.25) is 0 Å². The molecule has 196 valence electrons. The van der Waals surface area contributed by atoms with Crippen LogP contribution in [0.1, 0.15) is 52.0 Å². The molecule has 2 heterocycles. The molecule has 7 heteroatoms. The van der Waals surface area contributed by atoms with Crippen molar-refractivity contribution in [3.8, 4) is 11.5 Å². The van der Waals surface area contributed by atoms with Crippen LogP contribution in [0, 0.1) is 6.92 Å². The van der Waals surface area contributed by atoms with Crippen LogP contribution in [-0.4, -0.2) is 31.3 Å². The molecule has 0 radical (unpaired) electrons. The van der Waals surface area contributed by atoms with E-state index in [0.29, 0.717) is 42.1 Å². The Hall–Kier alpha value is -4.26. The van der Waals surface area contributed by atoms with Crippen molar-refractivity contribution in [2.75, 3.05) is 18.6 Å². The molecule has 5 rings (SSSR count). The first-order chi connectivity index (χ1) is 18.3. The summed E-state index contributed by atoms with van der Waals surface area (Å²) in [6.07, 6.45) is 3.80. The summed E-state index contributed by atoms with van der Waals surface area (Å²) >= 11 is 0. The number of rotatable bonds is 8. The van der Waals surface area contributed by atoms with E-state index in [-0.39, 0.29) is 18.0 Å². The summed E-state index contributed by atoms with van der Waals surface area (Å²) in [5.74, 6) is 1.05. The molecule has 2 bridgehead atoms. The fraction of sp³-hybridized carbons (Fsp3) is 0.290. The number of hydrogen-bond donors (Lipinski definition) is 2. The monoisotopic (exact) mass is 511 g/mol. The summed E-state index contributed by atoms with van der Waals surface area (Å²) in [5.41, 5.74) is 4.41. The van der Waals surface area contributed by atoms with Crippen LogP contribution in [0.25, 0.3) is 0 Å². The Kier molecular flexibility index (Phi) is 6.85. The Bertz CT molecular complexity index is 1380. The molecular weight excluding hydrogens is 478 g/mol. The summed E-state index contributed by atoms with van der Waals surface area (Å²) in [4.78, 5) is 27.9. The highest BCUT2D eigenvalue weighted by Gasteiger charge is 2.50. The van der Waals surface area contributed by atoms with Gasteiger partial charge in [-0.3, -0.25) is 9.69 Å². The summed E-state index contributed by atoms with van der Waals surface area (Å²) in [6, 6.07) is 18.8. The van der Waals surface area contributed by atoms with Crippen molar-refractivity contribution >= 4 is 17.6 Å². The molecule has 0 aromatic heterocycles. The van der Waals surface area contributed by atoms with Gasteiger partial charge in [-0.05, 0) is 68.1 Å². The molecular formula is C31H33N3O4. The number of methoxy groups -OCH3 is 1. The first-order valence-corrected chi connectivity index (χ1v) is 12.9. The van der Waals surface area contributed by atoms with E-state index < -0.39 is 5.72 Å². The second kappa shape index (κ2) is 10.2. The molecule has 0 aliphatic carbocycles. The van der Waals surface area contributed by atoms with Gasteiger partial charge in [-0.25, -0.2) is 4.79 Å². The van der Waals surface area contributed by atoms with Gasteiger partial charge in [0.15, 0.2) is 17.2 Å². The van der Waals surface area contributed by atoms with Gasteiger partial charge in [0.1, 0.15) is 0 Å². The predicted molar refractivity (Wildman–Crippen MR) is 148 cm³/mol. The zero-order chi connectivity index (χ0) is 26.9. The number of carbonyl (C=O) groups excluding carboxylic acids is 2. The molecule has 2 aliphatic rings. The Morgan fingerprint density at radius 2 is 2.00 bits per heavy atom. The van der Waals surface area contributed by atoms with Crippen LogP contribution in [-0.2, 0) is 12.8 Å². The minimum atomic E-state index is -0.965. The molecule has 0 saturated carbocycles. The van der Waals surface area contributed by atoms with E-state index in [9.17, 15) is 9.59 Å². The molecule has 2 aliphatic heterocycles. The normalized spacial score (nSPS) is 19.6. The number of urea groups is 1. The third-order valence-corrected chi connectivity index (χ3v) is 7.18. The lowest BCUT2D eigenvalue weighted by molar-refractivity contribution is 0.0348. The van der Waals surface area contributed by atoms with E-state index in [4.69, 9.17) is 9.47 Å². The van der Waals surface area contributed by atoms with E-state index >= 15 is 0 Å². The molecule has 38 heavy (non-hydrogen) atoms. The van der Waals surface area contributed by atoms with E-state index in [2.05, 4.69) is 48.4 Å². The number of fused-ring (bicyclic) bond motifs is 4. The van der Waals surface area contributed by atoms with Gasteiger partial charge in [0.05, 0.1) is 18.8 Å². The molecule has 1 fully saturated rings. The lowest BCUT2D eigenvalue weighted by Crippen LogP contribution is -2.65. The fourth-order valence-corrected chi connectivity index (χ4v) is 5.29. The topological polar surface area (TPSA) is 79.9 Å². The predicted octanol–water partition coefficient (Wildman–Crippen LogP) is 5.47. The number of anilines is 1. The first kappa shape index (κ1) is 25.4. The maximum Gasteiger partial charge on any atom is 0.325 e. The van der Waals surface area contributed by atoms with Crippen molar-refractivity contribution in [3.63, 3.8) is 0 Å². The van der Waals surface area contributed by atoms with Crippen LogP contribution >= 0.6 is 0 Å². The van der Waals surface area contributed by atoms with Crippen LogP contribution in [0.2, 0.25) is 0 Å². The van der Waals surface area contributed by atoms with Crippen LogP contribution < -0.4 is 25.0 Å². The highest BCUT2D eigenvalue weighted by Crippen LogP contribution is 2.49. The minimum Gasteiger partial charge on any atom is -0.493 e.